The van der Waals surface area contributed by atoms with Crippen molar-refractivity contribution in [2.24, 2.45) is 0 Å². The van der Waals surface area contributed by atoms with Gasteiger partial charge in [-0.25, -0.2) is 8.42 Å². The highest BCUT2D eigenvalue weighted by Crippen LogP contribution is 2.16. The smallest absolute Gasteiger partial charge is 0.236 e. The van der Waals surface area contributed by atoms with Crippen molar-refractivity contribution in [3.05, 3.63) is 58.3 Å². The van der Waals surface area contributed by atoms with Gasteiger partial charge in [0.1, 0.15) is 5.76 Å². The topological polar surface area (TPSA) is 83.7 Å². The molecule has 1 aromatic heterocycles. The molecule has 8 heteroatoms. The first-order valence-corrected chi connectivity index (χ1v) is 10.3. The third-order valence-electron chi connectivity index (χ3n) is 4.69. The fourth-order valence-electron chi connectivity index (χ4n) is 3.02. The largest absolute Gasteiger partial charge is 0.361 e. The Morgan fingerprint density at radius 3 is 2.41 bits per heavy atom. The van der Waals surface area contributed by atoms with Gasteiger partial charge in [-0.3, -0.25) is 4.79 Å². The van der Waals surface area contributed by atoms with E-state index in [-0.39, 0.29) is 25.4 Å². The minimum absolute atomic E-state index is 0.0405. The molecule has 0 N–H and O–H groups in total. The molecule has 144 valence electrons. The molecule has 1 amide bonds. The van der Waals surface area contributed by atoms with E-state index in [1.54, 1.807) is 17.9 Å². The summed E-state index contributed by atoms with van der Waals surface area (Å²) < 4.78 is 31.5. The molecule has 2 heterocycles. The number of nitrogens with zero attached hydrogens (tertiary/aromatic N) is 3. The molecule has 0 saturated carbocycles. The number of aryl methyl sites for hydroxylation is 2. The molecule has 0 unspecified atom stereocenters. The molecular weight excluding hydrogens is 366 g/mol. The number of carbonyl (C=O) groups is 1. The molecule has 1 aromatic carbocycles. The quantitative estimate of drug-likeness (QED) is 0.781. The highest BCUT2D eigenvalue weighted by molar-refractivity contribution is 7.92. The Labute approximate surface area is 159 Å². The highest BCUT2D eigenvalue weighted by atomic mass is 32.2. The lowest BCUT2D eigenvalue weighted by Gasteiger charge is -2.33. The van der Waals surface area contributed by atoms with E-state index in [0.717, 1.165) is 11.1 Å². The average Bonchev–Trinajstić information content (AvgIpc) is 2.99. The molecule has 1 aliphatic heterocycles. The Bertz CT molecular complexity index is 908. The van der Waals surface area contributed by atoms with Gasteiger partial charge in [0.05, 0.1) is 12.1 Å². The van der Waals surface area contributed by atoms with E-state index in [9.17, 15) is 13.2 Å². The molecule has 0 aliphatic carbocycles. The molecule has 0 radical (unpaired) electrons. The first kappa shape index (κ1) is 19.3. The highest BCUT2D eigenvalue weighted by Gasteiger charge is 2.28. The summed E-state index contributed by atoms with van der Waals surface area (Å²) in [6, 6.07) is 9.28. The number of piperazine rings is 1. The van der Waals surface area contributed by atoms with Gasteiger partial charge in [0.2, 0.25) is 15.9 Å². The molecule has 3 rings (SSSR count). The van der Waals surface area contributed by atoms with Crippen LogP contribution in [0.3, 0.4) is 0 Å². The van der Waals surface area contributed by atoms with Gasteiger partial charge in [-0.05, 0) is 25.5 Å². The van der Waals surface area contributed by atoms with Crippen LogP contribution in [0.5, 0.6) is 0 Å². The molecule has 0 bridgehead atoms. The van der Waals surface area contributed by atoms with Crippen molar-refractivity contribution in [2.45, 2.75) is 20.3 Å². The molecule has 1 aliphatic rings. The number of amides is 1. The number of hydrogen-bond donors (Lipinski definition) is 0. The molecule has 27 heavy (non-hydrogen) atoms. The summed E-state index contributed by atoms with van der Waals surface area (Å²) in [5.74, 6) is 0.606. The first-order chi connectivity index (χ1) is 12.9. The second-order valence-electron chi connectivity index (χ2n) is 6.52. The summed E-state index contributed by atoms with van der Waals surface area (Å²) in [7, 11) is -3.50. The lowest BCUT2D eigenvalue weighted by molar-refractivity contribution is -0.131. The van der Waals surface area contributed by atoms with Gasteiger partial charge in [0, 0.05) is 37.2 Å². The zero-order chi connectivity index (χ0) is 19.4. The van der Waals surface area contributed by atoms with Crippen LogP contribution in [0.1, 0.15) is 22.6 Å². The minimum Gasteiger partial charge on any atom is -0.361 e. The van der Waals surface area contributed by atoms with Crippen LogP contribution in [0.25, 0.3) is 6.08 Å². The predicted molar refractivity (Wildman–Crippen MR) is 102 cm³/mol. The average molecular weight is 389 g/mol. The Morgan fingerprint density at radius 1 is 1.15 bits per heavy atom. The third kappa shape index (κ3) is 4.64. The maximum Gasteiger partial charge on any atom is 0.236 e. The normalized spacial score (nSPS) is 16.1. The lowest BCUT2D eigenvalue weighted by Crippen LogP contribution is -2.50. The molecule has 1 fully saturated rings. The summed E-state index contributed by atoms with van der Waals surface area (Å²) in [5, 5.41) is 5.09. The van der Waals surface area contributed by atoms with Crippen LogP contribution in [-0.4, -0.2) is 54.9 Å². The van der Waals surface area contributed by atoms with E-state index >= 15 is 0 Å². The molecular formula is C19H23N3O4S. The third-order valence-corrected chi connectivity index (χ3v) is 6.26. The van der Waals surface area contributed by atoms with Gasteiger partial charge >= 0.3 is 0 Å². The van der Waals surface area contributed by atoms with E-state index in [1.807, 2.05) is 37.3 Å². The van der Waals surface area contributed by atoms with Gasteiger partial charge in [-0.1, -0.05) is 35.5 Å². The van der Waals surface area contributed by atoms with Crippen molar-refractivity contribution < 1.29 is 17.7 Å². The van der Waals surface area contributed by atoms with E-state index in [1.165, 1.54) is 9.71 Å². The van der Waals surface area contributed by atoms with Gasteiger partial charge in [0.15, 0.2) is 0 Å². The summed E-state index contributed by atoms with van der Waals surface area (Å²) in [5.41, 5.74) is 2.35. The second kappa shape index (κ2) is 8.06. The standard InChI is InChI=1S/C19H23N3O4S/c1-15-18(16(2)26-20-15)14-19(23)21-9-11-22(12-10-21)27(24,25)13-8-17-6-4-3-5-7-17/h3-8,13H,9-12,14H2,1-2H3/b13-8+. The zero-order valence-electron chi connectivity index (χ0n) is 15.5. The fourth-order valence-corrected chi connectivity index (χ4v) is 4.20. The van der Waals surface area contributed by atoms with Gasteiger partial charge in [-0.2, -0.15) is 4.31 Å². The Hall–Kier alpha value is -2.45. The Morgan fingerprint density at radius 2 is 1.81 bits per heavy atom. The zero-order valence-corrected chi connectivity index (χ0v) is 16.3. The second-order valence-corrected chi connectivity index (χ2v) is 8.34. The first-order valence-electron chi connectivity index (χ1n) is 8.79. The van der Waals surface area contributed by atoms with Crippen molar-refractivity contribution in [1.82, 2.24) is 14.4 Å². The van der Waals surface area contributed by atoms with Crippen LogP contribution in [-0.2, 0) is 21.2 Å². The predicted octanol–water partition coefficient (Wildman–Crippen LogP) is 1.98. The van der Waals surface area contributed by atoms with Gasteiger partial charge < -0.3 is 9.42 Å². The van der Waals surface area contributed by atoms with E-state index in [0.29, 0.717) is 24.5 Å². The Balaban J connectivity index is 1.58. The fraction of sp³-hybridized carbons (Fsp3) is 0.368. The van der Waals surface area contributed by atoms with Crippen LogP contribution in [0.15, 0.2) is 40.3 Å². The minimum atomic E-state index is -3.50. The number of rotatable bonds is 5. The molecule has 0 spiro atoms. The maximum atomic E-state index is 12.5. The van der Waals surface area contributed by atoms with Crippen molar-refractivity contribution in [1.29, 1.82) is 0 Å². The van der Waals surface area contributed by atoms with Crippen LogP contribution >= 0.6 is 0 Å². The van der Waals surface area contributed by atoms with Crippen LogP contribution < -0.4 is 0 Å². The summed E-state index contributed by atoms with van der Waals surface area (Å²) in [6.07, 6.45) is 1.81. The van der Waals surface area contributed by atoms with Crippen LogP contribution in [0, 0.1) is 13.8 Å². The number of hydrogen-bond acceptors (Lipinski definition) is 5. The number of carbonyl (C=O) groups excluding carboxylic acids is 1. The number of aromatic nitrogens is 1. The molecule has 7 nitrogen and oxygen atoms in total. The number of benzene rings is 1. The van der Waals surface area contributed by atoms with E-state index in [2.05, 4.69) is 5.16 Å². The molecule has 0 atom stereocenters. The van der Waals surface area contributed by atoms with Crippen molar-refractivity contribution >= 4 is 22.0 Å². The van der Waals surface area contributed by atoms with Gasteiger partial charge in [0.25, 0.3) is 0 Å². The van der Waals surface area contributed by atoms with Crippen LogP contribution in [0.4, 0.5) is 0 Å². The monoisotopic (exact) mass is 389 g/mol. The molecule has 2 aromatic rings. The van der Waals surface area contributed by atoms with Crippen molar-refractivity contribution in [3.63, 3.8) is 0 Å². The van der Waals surface area contributed by atoms with Crippen molar-refractivity contribution in [3.8, 4) is 0 Å². The maximum absolute atomic E-state index is 12.5. The number of sulfonamides is 1. The summed E-state index contributed by atoms with van der Waals surface area (Å²) >= 11 is 0. The summed E-state index contributed by atoms with van der Waals surface area (Å²) in [6.45, 7) is 4.92. The van der Waals surface area contributed by atoms with Crippen molar-refractivity contribution in [2.75, 3.05) is 26.2 Å². The van der Waals surface area contributed by atoms with Gasteiger partial charge in [-0.15, -0.1) is 0 Å². The Kier molecular flexibility index (Phi) is 5.76. The summed E-state index contributed by atoms with van der Waals surface area (Å²) in [4.78, 5) is 14.2. The molecule has 1 saturated heterocycles. The SMILES string of the molecule is Cc1noc(C)c1CC(=O)N1CCN(S(=O)(=O)/C=C/c2ccccc2)CC1. The van der Waals surface area contributed by atoms with E-state index < -0.39 is 10.0 Å². The van der Waals surface area contributed by atoms with E-state index in [4.69, 9.17) is 4.52 Å². The lowest BCUT2D eigenvalue weighted by atomic mass is 10.1. The van der Waals surface area contributed by atoms with Crippen LogP contribution in [0.2, 0.25) is 0 Å².